The molecule has 2 amide bonds. The third kappa shape index (κ3) is 5.49. The Morgan fingerprint density at radius 2 is 1.78 bits per heavy atom. The molecule has 7 nitrogen and oxygen atoms in total. The van der Waals surface area contributed by atoms with E-state index in [1.165, 1.54) is 28.6 Å². The Hall–Kier alpha value is -2.42. The number of nitrogens with zero attached hydrogens (tertiary/aromatic N) is 1. The second-order valence-electron chi connectivity index (χ2n) is 8.71. The standard InChI is InChI=1S/C23H28ClN3O4S/c1-23(2)12-13-26-22(29)20(14-23)27(32(30,31)19-10-8-18(24)9-11-19)15-16-4-6-17(7-5-16)21(28)25-3/h4-11,20H,12-15H2,1-3H3,(H,25,28)(H,26,29). The first-order chi connectivity index (χ1) is 15.0. The van der Waals surface area contributed by atoms with Gasteiger partial charge in [-0.25, -0.2) is 8.42 Å². The molecule has 0 aromatic heterocycles. The van der Waals surface area contributed by atoms with Gasteiger partial charge in [0.15, 0.2) is 0 Å². The summed E-state index contributed by atoms with van der Waals surface area (Å²) in [5.74, 6) is -0.540. The average Bonchev–Trinajstić information content (AvgIpc) is 2.89. The van der Waals surface area contributed by atoms with Crippen LogP contribution < -0.4 is 10.6 Å². The normalized spacial score (nSPS) is 18.7. The molecule has 1 unspecified atom stereocenters. The monoisotopic (exact) mass is 477 g/mol. The Kier molecular flexibility index (Phi) is 7.27. The highest BCUT2D eigenvalue weighted by Crippen LogP contribution is 2.33. The molecule has 1 aliphatic rings. The number of hydrogen-bond acceptors (Lipinski definition) is 4. The van der Waals surface area contributed by atoms with E-state index in [0.717, 1.165) is 6.42 Å². The fourth-order valence-electron chi connectivity index (χ4n) is 3.78. The molecule has 1 fully saturated rings. The molecule has 9 heteroatoms. The minimum atomic E-state index is -4.01. The highest BCUT2D eigenvalue weighted by atomic mass is 35.5. The first-order valence-electron chi connectivity index (χ1n) is 10.4. The third-order valence-electron chi connectivity index (χ3n) is 5.70. The molecule has 3 rings (SSSR count). The van der Waals surface area contributed by atoms with Gasteiger partial charge in [0, 0.05) is 30.7 Å². The second-order valence-corrected chi connectivity index (χ2v) is 11.0. The molecule has 0 aliphatic carbocycles. The number of amides is 2. The molecule has 172 valence electrons. The lowest BCUT2D eigenvalue weighted by atomic mass is 9.83. The van der Waals surface area contributed by atoms with Crippen LogP contribution in [-0.2, 0) is 21.4 Å². The van der Waals surface area contributed by atoms with Crippen LogP contribution in [0, 0.1) is 5.41 Å². The highest BCUT2D eigenvalue weighted by Gasteiger charge is 2.40. The summed E-state index contributed by atoms with van der Waals surface area (Å²) >= 11 is 5.95. The zero-order chi connectivity index (χ0) is 23.5. The van der Waals surface area contributed by atoms with Gasteiger partial charge in [-0.15, -0.1) is 0 Å². The van der Waals surface area contributed by atoms with Gasteiger partial charge in [0.25, 0.3) is 5.91 Å². The summed E-state index contributed by atoms with van der Waals surface area (Å²) in [5.41, 5.74) is 0.919. The molecule has 1 aliphatic heterocycles. The Bertz CT molecular complexity index is 1080. The summed E-state index contributed by atoms with van der Waals surface area (Å²) in [6, 6.07) is 11.7. The molecular weight excluding hydrogens is 450 g/mol. The lowest BCUT2D eigenvalue weighted by Gasteiger charge is -2.33. The number of hydrogen-bond donors (Lipinski definition) is 2. The van der Waals surface area contributed by atoms with Gasteiger partial charge in [-0.3, -0.25) is 9.59 Å². The molecule has 0 radical (unpaired) electrons. The van der Waals surface area contributed by atoms with Crippen molar-refractivity contribution in [2.45, 2.75) is 44.2 Å². The summed E-state index contributed by atoms with van der Waals surface area (Å²) < 4.78 is 28.6. The molecule has 1 atom stereocenters. The average molecular weight is 478 g/mol. The van der Waals surface area contributed by atoms with Crippen LogP contribution in [0.25, 0.3) is 0 Å². The molecule has 0 saturated carbocycles. The first kappa shape index (κ1) is 24.2. The number of carbonyl (C=O) groups is 2. The number of halogens is 1. The van der Waals surface area contributed by atoms with E-state index in [1.54, 1.807) is 31.3 Å². The van der Waals surface area contributed by atoms with Crippen molar-refractivity contribution in [1.82, 2.24) is 14.9 Å². The zero-order valence-corrected chi connectivity index (χ0v) is 20.0. The smallest absolute Gasteiger partial charge is 0.251 e. The topological polar surface area (TPSA) is 95.6 Å². The van der Waals surface area contributed by atoms with Gasteiger partial charge in [-0.05, 0) is 60.2 Å². The maximum absolute atomic E-state index is 13.7. The first-order valence-corrected chi connectivity index (χ1v) is 12.2. The molecular formula is C23H28ClN3O4S. The van der Waals surface area contributed by atoms with Crippen molar-refractivity contribution in [3.05, 3.63) is 64.7 Å². The lowest BCUT2D eigenvalue weighted by Crippen LogP contribution is -2.49. The van der Waals surface area contributed by atoms with E-state index >= 15 is 0 Å². The minimum Gasteiger partial charge on any atom is -0.355 e. The molecule has 0 bridgehead atoms. The maximum atomic E-state index is 13.7. The van der Waals surface area contributed by atoms with E-state index in [1.807, 2.05) is 13.8 Å². The molecule has 2 aromatic carbocycles. The van der Waals surface area contributed by atoms with Gasteiger partial charge in [0.1, 0.15) is 6.04 Å². The fourth-order valence-corrected chi connectivity index (χ4v) is 5.48. The van der Waals surface area contributed by atoms with Crippen molar-refractivity contribution < 1.29 is 18.0 Å². The van der Waals surface area contributed by atoms with E-state index in [2.05, 4.69) is 10.6 Å². The van der Waals surface area contributed by atoms with Crippen molar-refractivity contribution in [2.24, 2.45) is 5.41 Å². The summed E-state index contributed by atoms with van der Waals surface area (Å²) in [6.07, 6.45) is 1.15. The van der Waals surface area contributed by atoms with E-state index in [0.29, 0.717) is 29.1 Å². The van der Waals surface area contributed by atoms with Crippen LogP contribution >= 0.6 is 11.6 Å². The zero-order valence-electron chi connectivity index (χ0n) is 18.4. The molecule has 2 N–H and O–H groups in total. The number of benzene rings is 2. The van der Waals surface area contributed by atoms with E-state index in [9.17, 15) is 18.0 Å². The Balaban J connectivity index is 2.03. The Morgan fingerprint density at radius 1 is 1.16 bits per heavy atom. The van der Waals surface area contributed by atoms with Crippen molar-refractivity contribution in [1.29, 1.82) is 0 Å². The molecule has 0 spiro atoms. The SMILES string of the molecule is CNC(=O)c1ccc(CN(C2CC(C)(C)CCNC2=O)S(=O)(=O)c2ccc(Cl)cc2)cc1. The van der Waals surface area contributed by atoms with Crippen LogP contribution in [0.2, 0.25) is 5.02 Å². The maximum Gasteiger partial charge on any atom is 0.251 e. The molecule has 2 aromatic rings. The molecule has 1 heterocycles. The van der Waals surface area contributed by atoms with E-state index in [-0.39, 0.29) is 28.7 Å². The van der Waals surface area contributed by atoms with Gasteiger partial charge in [-0.1, -0.05) is 37.6 Å². The molecule has 32 heavy (non-hydrogen) atoms. The van der Waals surface area contributed by atoms with Gasteiger partial charge < -0.3 is 10.6 Å². The van der Waals surface area contributed by atoms with Crippen LogP contribution in [0.5, 0.6) is 0 Å². The second kappa shape index (κ2) is 9.60. The van der Waals surface area contributed by atoms with Crippen molar-refractivity contribution in [3.63, 3.8) is 0 Å². The summed E-state index contributed by atoms with van der Waals surface area (Å²) in [6.45, 7) is 4.56. The number of carbonyl (C=O) groups excluding carboxylic acids is 2. The largest absolute Gasteiger partial charge is 0.355 e. The predicted octanol–water partition coefficient (Wildman–Crippen LogP) is 3.20. The number of rotatable bonds is 6. The summed E-state index contributed by atoms with van der Waals surface area (Å²) in [7, 11) is -2.47. The van der Waals surface area contributed by atoms with Crippen LogP contribution in [0.3, 0.4) is 0 Å². The number of nitrogens with one attached hydrogen (secondary N) is 2. The quantitative estimate of drug-likeness (QED) is 0.667. The third-order valence-corrected chi connectivity index (χ3v) is 7.82. The Morgan fingerprint density at radius 3 is 2.38 bits per heavy atom. The van der Waals surface area contributed by atoms with Crippen LogP contribution in [0.1, 0.15) is 42.6 Å². The van der Waals surface area contributed by atoms with Crippen molar-refractivity contribution in [3.8, 4) is 0 Å². The summed E-state index contributed by atoms with van der Waals surface area (Å²) in [5, 5.41) is 5.84. The van der Waals surface area contributed by atoms with Crippen LogP contribution in [0.15, 0.2) is 53.4 Å². The van der Waals surface area contributed by atoms with Gasteiger partial charge >= 0.3 is 0 Å². The van der Waals surface area contributed by atoms with E-state index in [4.69, 9.17) is 11.6 Å². The van der Waals surface area contributed by atoms with Gasteiger partial charge in [0.05, 0.1) is 4.90 Å². The summed E-state index contributed by atoms with van der Waals surface area (Å²) in [4.78, 5) is 24.9. The number of sulfonamides is 1. The highest BCUT2D eigenvalue weighted by molar-refractivity contribution is 7.89. The van der Waals surface area contributed by atoms with E-state index < -0.39 is 16.1 Å². The van der Waals surface area contributed by atoms with Crippen molar-refractivity contribution in [2.75, 3.05) is 13.6 Å². The Labute approximate surface area is 194 Å². The van der Waals surface area contributed by atoms with Crippen molar-refractivity contribution >= 4 is 33.4 Å². The fraction of sp³-hybridized carbons (Fsp3) is 0.391. The lowest BCUT2D eigenvalue weighted by molar-refractivity contribution is -0.125. The van der Waals surface area contributed by atoms with Crippen LogP contribution in [0.4, 0.5) is 0 Å². The van der Waals surface area contributed by atoms with Gasteiger partial charge in [-0.2, -0.15) is 4.31 Å². The predicted molar refractivity (Wildman–Crippen MR) is 124 cm³/mol. The molecule has 1 saturated heterocycles. The van der Waals surface area contributed by atoms with Gasteiger partial charge in [0.2, 0.25) is 15.9 Å². The van der Waals surface area contributed by atoms with Crippen LogP contribution in [-0.4, -0.2) is 44.2 Å². The minimum absolute atomic E-state index is 0.00680.